The topological polar surface area (TPSA) is 24.5 Å². The lowest BCUT2D eigenvalue weighted by Crippen LogP contribution is -2.59. The van der Waals surface area contributed by atoms with Crippen LogP contribution in [0.1, 0.15) is 25.7 Å². The molecule has 2 fully saturated rings. The zero-order valence-electron chi connectivity index (χ0n) is 11.9. The van der Waals surface area contributed by atoms with Crippen LogP contribution >= 0.6 is 15.9 Å². The standard InChI is InChI=1S/C16H23BrN2O/c17-14-4-3-5-15(12-14)20-11-10-19-9-8-18-16(13-19)6-1-2-7-16/h3-5,12,18H,1-2,6-11,13H2. The molecular weight excluding hydrogens is 316 g/mol. The molecule has 3 nitrogen and oxygen atoms in total. The van der Waals surface area contributed by atoms with Crippen molar-refractivity contribution in [1.82, 2.24) is 10.2 Å². The van der Waals surface area contributed by atoms with Crippen LogP contribution in [0.15, 0.2) is 28.7 Å². The summed E-state index contributed by atoms with van der Waals surface area (Å²) in [5, 5.41) is 3.75. The van der Waals surface area contributed by atoms with Crippen LogP contribution in [-0.4, -0.2) is 43.2 Å². The number of nitrogens with zero attached hydrogens (tertiary/aromatic N) is 1. The highest BCUT2D eigenvalue weighted by Gasteiger charge is 2.37. The Morgan fingerprint density at radius 2 is 2.15 bits per heavy atom. The largest absolute Gasteiger partial charge is 0.492 e. The van der Waals surface area contributed by atoms with Crippen LogP contribution in [0.2, 0.25) is 0 Å². The van der Waals surface area contributed by atoms with Crippen molar-refractivity contribution >= 4 is 15.9 Å². The van der Waals surface area contributed by atoms with Crippen molar-refractivity contribution in [2.75, 3.05) is 32.8 Å². The maximum Gasteiger partial charge on any atom is 0.120 e. The van der Waals surface area contributed by atoms with Gasteiger partial charge in [-0.2, -0.15) is 0 Å². The van der Waals surface area contributed by atoms with Gasteiger partial charge in [-0.3, -0.25) is 4.90 Å². The molecule has 2 aliphatic rings. The summed E-state index contributed by atoms with van der Waals surface area (Å²) in [6.45, 7) is 5.25. The lowest BCUT2D eigenvalue weighted by atomic mass is 9.94. The SMILES string of the molecule is Brc1cccc(OCCN2CCNC3(CCCC3)C2)c1. The molecule has 0 radical (unpaired) electrons. The van der Waals surface area contributed by atoms with Gasteiger partial charge < -0.3 is 10.1 Å². The molecule has 1 saturated carbocycles. The van der Waals surface area contributed by atoms with Crippen LogP contribution < -0.4 is 10.1 Å². The van der Waals surface area contributed by atoms with E-state index in [1.165, 1.54) is 32.2 Å². The van der Waals surface area contributed by atoms with E-state index >= 15 is 0 Å². The molecule has 4 heteroatoms. The number of piperazine rings is 1. The lowest BCUT2D eigenvalue weighted by molar-refractivity contribution is 0.117. The molecule has 0 aromatic heterocycles. The Morgan fingerprint density at radius 3 is 2.95 bits per heavy atom. The molecule has 1 heterocycles. The van der Waals surface area contributed by atoms with Crippen molar-refractivity contribution in [2.45, 2.75) is 31.2 Å². The number of hydrogen-bond acceptors (Lipinski definition) is 3. The summed E-state index contributed by atoms with van der Waals surface area (Å²) < 4.78 is 6.92. The third-order valence-electron chi connectivity index (χ3n) is 4.49. The lowest BCUT2D eigenvalue weighted by Gasteiger charge is -2.41. The molecule has 1 N–H and O–H groups in total. The molecule has 0 atom stereocenters. The Morgan fingerprint density at radius 1 is 1.30 bits per heavy atom. The van der Waals surface area contributed by atoms with Crippen LogP contribution in [0.25, 0.3) is 0 Å². The summed E-state index contributed by atoms with van der Waals surface area (Å²) in [5.74, 6) is 0.949. The Bertz CT molecular complexity index is 446. The summed E-state index contributed by atoms with van der Waals surface area (Å²) in [5.41, 5.74) is 0.411. The highest BCUT2D eigenvalue weighted by atomic mass is 79.9. The maximum atomic E-state index is 5.85. The van der Waals surface area contributed by atoms with Gasteiger partial charge in [-0.05, 0) is 31.0 Å². The molecule has 110 valence electrons. The van der Waals surface area contributed by atoms with E-state index in [2.05, 4.69) is 26.1 Å². The van der Waals surface area contributed by atoms with Crippen LogP contribution in [0.5, 0.6) is 5.75 Å². The Balaban J connectivity index is 1.46. The molecule has 0 bridgehead atoms. The molecular formula is C16H23BrN2O. The molecule has 20 heavy (non-hydrogen) atoms. The van der Waals surface area contributed by atoms with Crippen LogP contribution in [0, 0.1) is 0 Å². The fraction of sp³-hybridized carbons (Fsp3) is 0.625. The van der Waals surface area contributed by atoms with Gasteiger partial charge in [0.2, 0.25) is 0 Å². The maximum absolute atomic E-state index is 5.85. The smallest absolute Gasteiger partial charge is 0.120 e. The first-order valence-corrected chi connectivity index (χ1v) is 8.41. The quantitative estimate of drug-likeness (QED) is 0.913. The molecule has 1 aromatic carbocycles. The van der Waals surface area contributed by atoms with Crippen molar-refractivity contribution in [3.05, 3.63) is 28.7 Å². The van der Waals surface area contributed by atoms with E-state index in [1.807, 2.05) is 24.3 Å². The van der Waals surface area contributed by atoms with Gasteiger partial charge in [0.15, 0.2) is 0 Å². The zero-order valence-corrected chi connectivity index (χ0v) is 13.5. The van der Waals surface area contributed by atoms with Gasteiger partial charge in [0.25, 0.3) is 0 Å². The summed E-state index contributed by atoms with van der Waals surface area (Å²) in [7, 11) is 0. The molecule has 1 spiro atoms. The third kappa shape index (κ3) is 3.54. The average Bonchev–Trinajstić information content (AvgIpc) is 2.87. The Hall–Kier alpha value is -0.580. The average molecular weight is 339 g/mol. The molecule has 3 rings (SSSR count). The molecule has 1 aliphatic heterocycles. The van der Waals surface area contributed by atoms with E-state index in [-0.39, 0.29) is 0 Å². The third-order valence-corrected chi connectivity index (χ3v) is 4.98. The summed E-state index contributed by atoms with van der Waals surface area (Å²) >= 11 is 3.47. The molecule has 0 unspecified atom stereocenters. The summed E-state index contributed by atoms with van der Waals surface area (Å²) in [4.78, 5) is 2.56. The molecule has 1 saturated heterocycles. The van der Waals surface area contributed by atoms with E-state index in [0.29, 0.717) is 5.54 Å². The second-order valence-electron chi connectivity index (χ2n) is 6.00. The van der Waals surface area contributed by atoms with Crippen LogP contribution in [0.3, 0.4) is 0 Å². The number of hydrogen-bond donors (Lipinski definition) is 1. The van der Waals surface area contributed by atoms with E-state index in [0.717, 1.165) is 36.5 Å². The number of halogens is 1. The Labute approximate surface area is 129 Å². The second kappa shape index (κ2) is 6.46. The molecule has 1 aliphatic carbocycles. The highest BCUT2D eigenvalue weighted by molar-refractivity contribution is 9.10. The summed E-state index contributed by atoms with van der Waals surface area (Å²) in [6.07, 6.45) is 5.46. The van der Waals surface area contributed by atoms with E-state index in [9.17, 15) is 0 Å². The van der Waals surface area contributed by atoms with Gasteiger partial charge in [0.05, 0.1) is 0 Å². The van der Waals surface area contributed by atoms with E-state index in [1.54, 1.807) is 0 Å². The van der Waals surface area contributed by atoms with Gasteiger partial charge in [-0.1, -0.05) is 34.8 Å². The van der Waals surface area contributed by atoms with Gasteiger partial charge in [0.1, 0.15) is 12.4 Å². The van der Waals surface area contributed by atoms with Crippen LogP contribution in [-0.2, 0) is 0 Å². The van der Waals surface area contributed by atoms with Gasteiger partial charge in [-0.25, -0.2) is 0 Å². The zero-order chi connectivity index (χ0) is 13.8. The minimum atomic E-state index is 0.411. The van der Waals surface area contributed by atoms with Crippen molar-refractivity contribution in [2.24, 2.45) is 0 Å². The van der Waals surface area contributed by atoms with E-state index < -0.39 is 0 Å². The number of benzene rings is 1. The first-order chi connectivity index (χ1) is 9.76. The van der Waals surface area contributed by atoms with Crippen LogP contribution in [0.4, 0.5) is 0 Å². The minimum Gasteiger partial charge on any atom is -0.492 e. The normalized spacial score (nSPS) is 22.2. The van der Waals surface area contributed by atoms with Crippen molar-refractivity contribution < 1.29 is 4.74 Å². The number of nitrogens with one attached hydrogen (secondary N) is 1. The number of rotatable bonds is 4. The molecule has 1 aromatic rings. The highest BCUT2D eigenvalue weighted by Crippen LogP contribution is 2.31. The van der Waals surface area contributed by atoms with Crippen molar-refractivity contribution in [3.8, 4) is 5.75 Å². The summed E-state index contributed by atoms with van der Waals surface area (Å²) in [6, 6.07) is 8.07. The van der Waals surface area contributed by atoms with Gasteiger partial charge in [0, 0.05) is 36.2 Å². The first kappa shape index (κ1) is 14.4. The fourth-order valence-corrected chi connectivity index (χ4v) is 3.85. The molecule has 0 amide bonds. The Kier molecular flexibility index (Phi) is 4.64. The van der Waals surface area contributed by atoms with Gasteiger partial charge in [-0.15, -0.1) is 0 Å². The predicted octanol–water partition coefficient (Wildman–Crippen LogP) is 3.05. The second-order valence-corrected chi connectivity index (χ2v) is 6.91. The monoisotopic (exact) mass is 338 g/mol. The van der Waals surface area contributed by atoms with E-state index in [4.69, 9.17) is 4.74 Å². The number of ether oxygens (including phenoxy) is 1. The van der Waals surface area contributed by atoms with Gasteiger partial charge >= 0.3 is 0 Å². The fourth-order valence-electron chi connectivity index (χ4n) is 3.47. The van der Waals surface area contributed by atoms with Crippen molar-refractivity contribution in [3.63, 3.8) is 0 Å². The predicted molar refractivity (Wildman–Crippen MR) is 85.3 cm³/mol. The van der Waals surface area contributed by atoms with Crippen molar-refractivity contribution in [1.29, 1.82) is 0 Å². The first-order valence-electron chi connectivity index (χ1n) is 7.62. The minimum absolute atomic E-state index is 0.411.